The Morgan fingerprint density at radius 2 is 1.81 bits per heavy atom. The Bertz CT molecular complexity index is 1530. The molecule has 36 heavy (non-hydrogen) atoms. The van der Waals surface area contributed by atoms with E-state index in [4.69, 9.17) is 16.6 Å². The zero-order valence-corrected chi connectivity index (χ0v) is 23.2. The third-order valence-electron chi connectivity index (χ3n) is 6.33. The first kappa shape index (κ1) is 27.9. The van der Waals surface area contributed by atoms with Gasteiger partial charge >= 0.3 is 5.69 Å². The van der Waals surface area contributed by atoms with Gasteiger partial charge in [-0.25, -0.2) is 14.8 Å². The molecule has 0 aliphatic heterocycles. The minimum absolute atomic E-state index is 0. The summed E-state index contributed by atoms with van der Waals surface area (Å²) in [6.45, 7) is 8.80. The van der Waals surface area contributed by atoms with Gasteiger partial charge in [-0.1, -0.05) is 36.8 Å². The fourth-order valence-corrected chi connectivity index (χ4v) is 5.28. The summed E-state index contributed by atoms with van der Waals surface area (Å²) < 4.78 is 4.76. The number of hydrogen-bond donors (Lipinski definition) is 0. The first-order chi connectivity index (χ1) is 16.7. The van der Waals surface area contributed by atoms with Crippen molar-refractivity contribution in [2.24, 2.45) is 14.1 Å². The number of rotatable bonds is 8. The van der Waals surface area contributed by atoms with E-state index in [1.165, 1.54) is 33.8 Å². The summed E-state index contributed by atoms with van der Waals surface area (Å²) in [7, 11) is 2.96. The standard InChI is InChI=1S/C23H28ClN7O3S.ClH/c1-6-29(7-2)10-11-31(22-26-18-14(3)15(24)8-9-16(18)35-22)17(32)12-30-13-25-20-19(30)21(33)28(5)23(34)27(20)4;/h8-9,13H,6-7,10-12H2,1-5H3;1H. The zero-order chi connectivity index (χ0) is 25.4. The molecule has 0 bridgehead atoms. The minimum Gasteiger partial charge on any atom is -0.315 e. The van der Waals surface area contributed by atoms with Crippen LogP contribution in [0.2, 0.25) is 5.02 Å². The highest BCUT2D eigenvalue weighted by atomic mass is 35.5. The highest BCUT2D eigenvalue weighted by molar-refractivity contribution is 7.22. The molecular weight excluding hydrogens is 525 g/mol. The Hall–Kier alpha value is -2.73. The van der Waals surface area contributed by atoms with Crippen LogP contribution in [0.15, 0.2) is 28.0 Å². The number of anilines is 1. The smallest absolute Gasteiger partial charge is 0.315 e. The Balaban J connectivity index is 0.00000361. The van der Waals surface area contributed by atoms with Crippen molar-refractivity contribution in [3.05, 3.63) is 49.9 Å². The van der Waals surface area contributed by atoms with Crippen molar-refractivity contribution >= 4 is 67.8 Å². The van der Waals surface area contributed by atoms with Crippen molar-refractivity contribution in [2.45, 2.75) is 27.3 Å². The number of imidazole rings is 1. The van der Waals surface area contributed by atoms with Crippen LogP contribution in [0, 0.1) is 6.92 Å². The molecule has 4 rings (SSSR count). The fourth-order valence-electron chi connectivity index (χ4n) is 4.06. The number of halogens is 2. The van der Waals surface area contributed by atoms with Gasteiger partial charge in [0.2, 0.25) is 5.91 Å². The van der Waals surface area contributed by atoms with Crippen LogP contribution in [0.4, 0.5) is 5.13 Å². The van der Waals surface area contributed by atoms with Crippen molar-refractivity contribution in [2.75, 3.05) is 31.1 Å². The molecular formula is C23H29Cl2N7O3S. The molecule has 3 aromatic heterocycles. The topological polar surface area (TPSA) is 98.3 Å². The maximum absolute atomic E-state index is 13.6. The number of amides is 1. The molecule has 1 amide bonds. The van der Waals surface area contributed by atoms with Crippen LogP contribution in [0.3, 0.4) is 0 Å². The summed E-state index contributed by atoms with van der Waals surface area (Å²) in [4.78, 5) is 51.6. The second-order valence-electron chi connectivity index (χ2n) is 8.34. The quantitative estimate of drug-likeness (QED) is 0.332. The number of aryl methyl sites for hydroxylation is 2. The van der Waals surface area contributed by atoms with Gasteiger partial charge in [0.05, 0.1) is 16.5 Å². The summed E-state index contributed by atoms with van der Waals surface area (Å²) in [5, 5.41) is 1.20. The second-order valence-corrected chi connectivity index (χ2v) is 9.75. The predicted octanol–water partition coefficient (Wildman–Crippen LogP) is 2.80. The van der Waals surface area contributed by atoms with E-state index < -0.39 is 11.2 Å². The van der Waals surface area contributed by atoms with E-state index in [-0.39, 0.29) is 36.0 Å². The van der Waals surface area contributed by atoms with Crippen LogP contribution in [-0.4, -0.2) is 60.7 Å². The lowest BCUT2D eigenvalue weighted by Gasteiger charge is -2.25. The SMILES string of the molecule is CCN(CC)CCN(C(=O)Cn1cnc2c1c(=O)n(C)c(=O)n2C)c1nc2c(C)c(Cl)ccc2s1.Cl. The molecule has 0 radical (unpaired) electrons. The number of hydrogen-bond acceptors (Lipinski definition) is 7. The van der Waals surface area contributed by atoms with Gasteiger partial charge in [0, 0.05) is 32.2 Å². The summed E-state index contributed by atoms with van der Waals surface area (Å²) in [5.41, 5.74) is 1.13. The number of likely N-dealkylation sites (N-methyl/N-ethyl adjacent to an activating group) is 1. The molecule has 0 unspecified atom stereocenters. The van der Waals surface area contributed by atoms with E-state index in [0.29, 0.717) is 23.2 Å². The maximum atomic E-state index is 13.6. The molecule has 0 fully saturated rings. The first-order valence-electron chi connectivity index (χ1n) is 11.4. The maximum Gasteiger partial charge on any atom is 0.332 e. The molecule has 0 atom stereocenters. The molecule has 0 spiro atoms. The number of carbonyl (C=O) groups excluding carboxylic acids is 1. The van der Waals surface area contributed by atoms with Crippen LogP contribution in [0.1, 0.15) is 19.4 Å². The lowest BCUT2D eigenvalue weighted by molar-refractivity contribution is -0.119. The number of aromatic nitrogens is 5. The number of nitrogens with zero attached hydrogens (tertiary/aromatic N) is 7. The van der Waals surface area contributed by atoms with Crippen molar-refractivity contribution in [3.8, 4) is 0 Å². The molecule has 0 saturated heterocycles. The van der Waals surface area contributed by atoms with E-state index in [1.807, 2.05) is 19.1 Å². The van der Waals surface area contributed by atoms with Crippen molar-refractivity contribution in [1.82, 2.24) is 28.6 Å². The molecule has 3 heterocycles. The van der Waals surface area contributed by atoms with Crippen LogP contribution < -0.4 is 16.1 Å². The number of carbonyl (C=O) groups is 1. The Morgan fingerprint density at radius 3 is 2.47 bits per heavy atom. The van der Waals surface area contributed by atoms with Crippen LogP contribution in [0.25, 0.3) is 21.4 Å². The van der Waals surface area contributed by atoms with Gasteiger partial charge in [0.15, 0.2) is 16.3 Å². The second kappa shape index (κ2) is 11.1. The van der Waals surface area contributed by atoms with E-state index >= 15 is 0 Å². The Labute approximate surface area is 223 Å². The molecule has 0 N–H and O–H groups in total. The van der Waals surface area contributed by atoms with Gasteiger partial charge in [0.25, 0.3) is 5.56 Å². The van der Waals surface area contributed by atoms with Crippen LogP contribution in [-0.2, 0) is 25.4 Å². The average Bonchev–Trinajstić information content (AvgIpc) is 3.46. The van der Waals surface area contributed by atoms with Gasteiger partial charge in [0.1, 0.15) is 6.54 Å². The van der Waals surface area contributed by atoms with Crippen molar-refractivity contribution < 1.29 is 4.79 Å². The molecule has 0 aliphatic rings. The average molecular weight is 555 g/mol. The number of benzene rings is 1. The molecule has 4 aromatic rings. The van der Waals surface area contributed by atoms with Crippen LogP contribution in [0.5, 0.6) is 0 Å². The fraction of sp³-hybridized carbons (Fsp3) is 0.435. The molecule has 0 aliphatic carbocycles. The number of thiazole rings is 1. The zero-order valence-electron chi connectivity index (χ0n) is 20.8. The van der Waals surface area contributed by atoms with Gasteiger partial charge in [-0.05, 0) is 37.7 Å². The molecule has 194 valence electrons. The lowest BCUT2D eigenvalue weighted by atomic mass is 10.2. The van der Waals surface area contributed by atoms with Gasteiger partial charge < -0.3 is 9.47 Å². The predicted molar refractivity (Wildman–Crippen MR) is 147 cm³/mol. The first-order valence-corrected chi connectivity index (χ1v) is 12.6. The summed E-state index contributed by atoms with van der Waals surface area (Å²) in [5.74, 6) is -0.227. The van der Waals surface area contributed by atoms with Gasteiger partial charge in [-0.15, -0.1) is 12.4 Å². The number of fused-ring (bicyclic) bond motifs is 2. The summed E-state index contributed by atoms with van der Waals surface area (Å²) in [6, 6.07) is 3.74. The molecule has 0 saturated carbocycles. The van der Waals surface area contributed by atoms with Crippen molar-refractivity contribution in [3.63, 3.8) is 0 Å². The molecule has 10 nitrogen and oxygen atoms in total. The molecule has 1 aromatic carbocycles. The van der Waals surface area contributed by atoms with Gasteiger partial charge in [-0.2, -0.15) is 0 Å². The highest BCUT2D eigenvalue weighted by Gasteiger charge is 2.23. The third kappa shape index (κ3) is 4.93. The Morgan fingerprint density at radius 1 is 1.11 bits per heavy atom. The van der Waals surface area contributed by atoms with E-state index in [0.717, 1.165) is 33.4 Å². The van der Waals surface area contributed by atoms with Crippen molar-refractivity contribution in [1.29, 1.82) is 0 Å². The molecule has 13 heteroatoms. The van der Waals surface area contributed by atoms with E-state index in [1.54, 1.807) is 11.9 Å². The largest absolute Gasteiger partial charge is 0.332 e. The monoisotopic (exact) mass is 553 g/mol. The van der Waals surface area contributed by atoms with E-state index in [9.17, 15) is 14.4 Å². The normalized spacial score (nSPS) is 11.4. The van der Waals surface area contributed by atoms with Crippen LogP contribution >= 0.6 is 35.3 Å². The summed E-state index contributed by atoms with van der Waals surface area (Å²) in [6.07, 6.45) is 1.42. The summed E-state index contributed by atoms with van der Waals surface area (Å²) >= 11 is 7.72. The Kier molecular flexibility index (Phi) is 8.60. The lowest BCUT2D eigenvalue weighted by Crippen LogP contribution is -2.41. The minimum atomic E-state index is -0.492. The van der Waals surface area contributed by atoms with E-state index in [2.05, 4.69) is 23.7 Å². The highest BCUT2D eigenvalue weighted by Crippen LogP contribution is 2.33. The van der Waals surface area contributed by atoms with Gasteiger partial charge in [-0.3, -0.25) is 23.6 Å². The third-order valence-corrected chi connectivity index (χ3v) is 7.78.